The van der Waals surface area contributed by atoms with Gasteiger partial charge in [0.2, 0.25) is 0 Å². The third kappa shape index (κ3) is 6.53. The van der Waals surface area contributed by atoms with Crippen molar-refractivity contribution in [1.29, 1.82) is 0 Å². The van der Waals surface area contributed by atoms with Crippen molar-refractivity contribution >= 4 is 17.5 Å². The third-order valence-electron chi connectivity index (χ3n) is 5.71. The van der Waals surface area contributed by atoms with Gasteiger partial charge >= 0.3 is 6.09 Å². The number of ether oxygens (including phenoxy) is 1. The molecule has 0 aromatic heterocycles. The number of nitrogens with zero attached hydrogens (tertiary/aromatic N) is 1. The van der Waals surface area contributed by atoms with Gasteiger partial charge in [0.05, 0.1) is 6.04 Å². The van der Waals surface area contributed by atoms with Crippen LogP contribution < -0.4 is 4.72 Å². The summed E-state index contributed by atoms with van der Waals surface area (Å²) in [5, 5.41) is 0. The number of carbonyl (C=O) groups excluding carboxylic acids is 1. The molecule has 28 heavy (non-hydrogen) atoms. The predicted molar refractivity (Wildman–Crippen MR) is 116 cm³/mol. The Labute approximate surface area is 175 Å². The quantitative estimate of drug-likeness (QED) is 0.666. The van der Waals surface area contributed by atoms with Gasteiger partial charge in [-0.2, -0.15) is 0 Å². The number of rotatable bonds is 4. The van der Waals surface area contributed by atoms with E-state index < -0.39 is 17.0 Å². The van der Waals surface area contributed by atoms with Crippen molar-refractivity contribution in [3.63, 3.8) is 0 Å². The van der Waals surface area contributed by atoms with Crippen molar-refractivity contribution in [2.75, 3.05) is 6.54 Å². The summed E-state index contributed by atoms with van der Waals surface area (Å²) in [7, 11) is 0. The van der Waals surface area contributed by atoms with Crippen LogP contribution in [-0.4, -0.2) is 44.5 Å². The van der Waals surface area contributed by atoms with Crippen molar-refractivity contribution in [2.24, 2.45) is 17.3 Å². The van der Waals surface area contributed by atoms with Crippen LogP contribution in [0.1, 0.15) is 88.0 Å². The second kappa shape index (κ2) is 8.35. The summed E-state index contributed by atoms with van der Waals surface area (Å²) >= 11 is -1.07. The number of carbonyl (C=O) groups is 1. The summed E-state index contributed by atoms with van der Waals surface area (Å²) in [4.78, 5) is 14.8. The van der Waals surface area contributed by atoms with E-state index >= 15 is 0 Å². The molecule has 0 aromatic carbocycles. The molecule has 1 saturated carbocycles. The topological polar surface area (TPSA) is 64.6 Å². The number of amides is 1. The first kappa shape index (κ1) is 23.8. The van der Waals surface area contributed by atoms with Gasteiger partial charge in [0.1, 0.15) is 10.3 Å². The SMILES string of the molecule is CC(C)(C)OC(=O)N1CCC([C@H](N[S@@+]([O-])C(C)(C)C)C2CC2)CC1C(C)(C)C. The summed E-state index contributed by atoms with van der Waals surface area (Å²) in [6.07, 6.45) is 4.08. The number of hydrogen-bond acceptors (Lipinski definition) is 4. The van der Waals surface area contributed by atoms with Crippen LogP contribution in [0.15, 0.2) is 0 Å². The Morgan fingerprint density at radius 3 is 2.04 bits per heavy atom. The van der Waals surface area contributed by atoms with Crippen LogP contribution in [0.3, 0.4) is 0 Å². The van der Waals surface area contributed by atoms with Gasteiger partial charge in [0.25, 0.3) is 0 Å². The van der Waals surface area contributed by atoms with Gasteiger partial charge in [0.15, 0.2) is 0 Å². The van der Waals surface area contributed by atoms with Crippen molar-refractivity contribution in [3.05, 3.63) is 0 Å². The molecule has 1 saturated heterocycles. The average Bonchev–Trinajstić information content (AvgIpc) is 3.33. The standard InChI is InChI=1S/C22H42N2O3S/c1-20(2,3)17-14-16(12-13-24(17)19(25)27-21(4,5)6)18(15-10-11-15)23-28(26)22(7,8)9/h15-18,23H,10-14H2,1-9H3/t16?,17?,18-,28+/m1/s1. The minimum Gasteiger partial charge on any atom is -0.598 e. The van der Waals surface area contributed by atoms with Crippen LogP contribution in [0, 0.1) is 17.3 Å². The molecule has 0 spiro atoms. The average molecular weight is 415 g/mol. The molecule has 1 heterocycles. The van der Waals surface area contributed by atoms with Crippen LogP contribution in [0.5, 0.6) is 0 Å². The fraction of sp³-hybridized carbons (Fsp3) is 0.955. The van der Waals surface area contributed by atoms with Gasteiger partial charge < -0.3 is 14.2 Å². The van der Waals surface area contributed by atoms with E-state index in [4.69, 9.17) is 4.74 Å². The second-order valence-corrected chi connectivity index (χ2v) is 13.7. The van der Waals surface area contributed by atoms with Crippen LogP contribution in [-0.2, 0) is 16.1 Å². The van der Waals surface area contributed by atoms with Crippen LogP contribution >= 0.6 is 0 Å². The normalized spacial score (nSPS) is 26.7. The van der Waals surface area contributed by atoms with Gasteiger partial charge in [-0.15, -0.1) is 4.72 Å². The lowest BCUT2D eigenvalue weighted by Gasteiger charge is -2.47. The summed E-state index contributed by atoms with van der Waals surface area (Å²) < 4.78 is 21.7. The van der Waals surface area contributed by atoms with E-state index in [9.17, 15) is 9.35 Å². The highest BCUT2D eigenvalue weighted by Crippen LogP contribution is 2.43. The molecular weight excluding hydrogens is 372 g/mol. The zero-order chi connectivity index (χ0) is 21.5. The lowest BCUT2D eigenvalue weighted by atomic mass is 9.74. The lowest BCUT2D eigenvalue weighted by Crippen LogP contribution is -2.57. The summed E-state index contributed by atoms with van der Waals surface area (Å²) in [6, 6.07) is 0.387. The van der Waals surface area contributed by atoms with Crippen molar-refractivity contribution in [1.82, 2.24) is 9.62 Å². The largest absolute Gasteiger partial charge is 0.598 e. The second-order valence-electron chi connectivity index (χ2n) is 11.7. The van der Waals surface area contributed by atoms with E-state index in [0.29, 0.717) is 18.4 Å². The summed E-state index contributed by atoms with van der Waals surface area (Å²) in [5.41, 5.74) is -0.523. The molecule has 1 amide bonds. The maximum Gasteiger partial charge on any atom is 0.410 e. The van der Waals surface area contributed by atoms with Gasteiger partial charge in [-0.3, -0.25) is 0 Å². The molecule has 2 unspecified atom stereocenters. The fourth-order valence-corrected chi connectivity index (χ4v) is 5.00. The molecule has 1 aliphatic heterocycles. The number of piperidine rings is 1. The molecule has 5 nitrogen and oxygen atoms in total. The number of likely N-dealkylation sites (tertiary alicyclic amines) is 1. The zero-order valence-corrected chi connectivity index (χ0v) is 20.2. The number of nitrogens with one attached hydrogen (secondary N) is 1. The van der Waals surface area contributed by atoms with Crippen LogP contribution in [0.2, 0.25) is 0 Å². The Kier molecular flexibility index (Phi) is 7.10. The first-order valence-corrected chi connectivity index (χ1v) is 11.9. The molecule has 2 rings (SSSR count). The van der Waals surface area contributed by atoms with Gasteiger partial charge in [-0.05, 0) is 84.5 Å². The van der Waals surface area contributed by atoms with Gasteiger partial charge in [-0.25, -0.2) is 4.79 Å². The van der Waals surface area contributed by atoms with Gasteiger partial charge in [0, 0.05) is 23.9 Å². The van der Waals surface area contributed by atoms with Gasteiger partial charge in [-0.1, -0.05) is 20.8 Å². The molecule has 4 atom stereocenters. The highest BCUT2D eigenvalue weighted by Gasteiger charge is 2.47. The monoisotopic (exact) mass is 414 g/mol. The Balaban J connectivity index is 2.15. The molecule has 0 aromatic rings. The molecule has 0 bridgehead atoms. The minimum absolute atomic E-state index is 0.0349. The molecule has 1 N–H and O–H groups in total. The summed E-state index contributed by atoms with van der Waals surface area (Å²) in [6.45, 7) is 19.1. The maximum absolute atomic E-state index is 12.8. The van der Waals surface area contributed by atoms with E-state index in [1.165, 1.54) is 12.8 Å². The molecule has 1 aliphatic carbocycles. The highest BCUT2D eigenvalue weighted by molar-refractivity contribution is 7.90. The molecule has 0 radical (unpaired) electrons. The maximum atomic E-state index is 12.8. The Bertz CT molecular complexity index is 543. The van der Waals surface area contributed by atoms with E-state index in [1.807, 2.05) is 46.4 Å². The molecule has 2 fully saturated rings. The van der Waals surface area contributed by atoms with E-state index in [-0.39, 0.29) is 28.3 Å². The van der Waals surface area contributed by atoms with E-state index in [0.717, 1.165) is 12.8 Å². The van der Waals surface area contributed by atoms with Crippen molar-refractivity contribution in [3.8, 4) is 0 Å². The van der Waals surface area contributed by atoms with Crippen molar-refractivity contribution in [2.45, 2.75) is 110 Å². The van der Waals surface area contributed by atoms with E-state index in [2.05, 4.69) is 25.5 Å². The van der Waals surface area contributed by atoms with E-state index in [1.54, 1.807) is 0 Å². The fourth-order valence-electron chi connectivity index (χ4n) is 4.01. The summed E-state index contributed by atoms with van der Waals surface area (Å²) in [5.74, 6) is 1.05. The lowest BCUT2D eigenvalue weighted by molar-refractivity contribution is -0.0184. The first-order valence-electron chi connectivity index (χ1n) is 10.8. The molecule has 164 valence electrons. The van der Waals surface area contributed by atoms with Crippen LogP contribution in [0.4, 0.5) is 4.79 Å². The Morgan fingerprint density at radius 1 is 1.04 bits per heavy atom. The predicted octanol–water partition coefficient (Wildman–Crippen LogP) is 4.88. The smallest absolute Gasteiger partial charge is 0.410 e. The Morgan fingerprint density at radius 2 is 1.61 bits per heavy atom. The zero-order valence-electron chi connectivity index (χ0n) is 19.4. The highest BCUT2D eigenvalue weighted by atomic mass is 32.2. The molecule has 2 aliphatic rings. The Hall–Kier alpha value is -0.460. The van der Waals surface area contributed by atoms with Crippen LogP contribution in [0.25, 0.3) is 0 Å². The number of hydrogen-bond donors (Lipinski definition) is 1. The molecular formula is C22H42N2O3S. The minimum atomic E-state index is -1.07. The van der Waals surface area contributed by atoms with Crippen molar-refractivity contribution < 1.29 is 14.1 Å². The third-order valence-corrected chi connectivity index (χ3v) is 7.31. The molecule has 6 heteroatoms. The first-order chi connectivity index (χ1) is 12.6.